The molecule has 0 fully saturated rings. The van der Waals surface area contributed by atoms with Crippen LogP contribution in [-0.2, 0) is 17.8 Å². The number of carbonyl (C=O) groups excluding carboxylic acids is 1. The quantitative estimate of drug-likeness (QED) is 0.700. The van der Waals surface area contributed by atoms with Gasteiger partial charge in [0.1, 0.15) is 0 Å². The van der Waals surface area contributed by atoms with E-state index in [1.165, 1.54) is 5.56 Å². The number of hydrogen-bond acceptors (Lipinski definition) is 2. The zero-order chi connectivity index (χ0) is 17.8. The molecule has 0 saturated heterocycles. The Morgan fingerprint density at radius 3 is 2.19 bits per heavy atom. The fraction of sp³-hybridized carbons (Fsp3) is 0.130. The molecule has 4 rings (SSSR count). The van der Waals surface area contributed by atoms with Crippen LogP contribution in [0.2, 0.25) is 0 Å². The van der Waals surface area contributed by atoms with Crippen molar-refractivity contribution in [3.63, 3.8) is 0 Å². The van der Waals surface area contributed by atoms with Gasteiger partial charge in [-0.2, -0.15) is 0 Å². The van der Waals surface area contributed by atoms with Crippen LogP contribution < -0.4 is 0 Å². The van der Waals surface area contributed by atoms with Crippen molar-refractivity contribution in [3.05, 3.63) is 108 Å². The van der Waals surface area contributed by atoms with Gasteiger partial charge in [0.15, 0.2) is 0 Å². The highest BCUT2D eigenvalue weighted by Crippen LogP contribution is 2.29. The molecule has 0 bridgehead atoms. The third-order valence-corrected chi connectivity index (χ3v) is 4.71. The van der Waals surface area contributed by atoms with Gasteiger partial charge in [-0.1, -0.05) is 66.7 Å². The number of benzene rings is 2. The number of hydrogen-bond donors (Lipinski definition) is 0. The van der Waals surface area contributed by atoms with Gasteiger partial charge in [-0.05, 0) is 29.7 Å². The molecule has 3 nitrogen and oxygen atoms in total. The van der Waals surface area contributed by atoms with Crippen LogP contribution in [0.15, 0.2) is 91.3 Å². The molecule has 3 aromatic rings. The molecule has 1 aliphatic heterocycles. The summed E-state index contributed by atoms with van der Waals surface area (Å²) < 4.78 is 0. The Morgan fingerprint density at radius 2 is 1.54 bits per heavy atom. The second-order valence-electron chi connectivity index (χ2n) is 6.50. The number of amides is 1. The van der Waals surface area contributed by atoms with Crippen molar-refractivity contribution in [2.24, 2.45) is 0 Å². The predicted molar refractivity (Wildman–Crippen MR) is 103 cm³/mol. The van der Waals surface area contributed by atoms with Crippen LogP contribution in [0.4, 0.5) is 0 Å². The predicted octanol–water partition coefficient (Wildman–Crippen LogP) is 4.12. The molecular weight excluding hydrogens is 320 g/mol. The summed E-state index contributed by atoms with van der Waals surface area (Å²) in [7, 11) is 0. The minimum absolute atomic E-state index is 0.0420. The highest BCUT2D eigenvalue weighted by Gasteiger charge is 2.33. The van der Waals surface area contributed by atoms with Crippen molar-refractivity contribution in [2.75, 3.05) is 0 Å². The van der Waals surface area contributed by atoms with Crippen LogP contribution in [0, 0.1) is 0 Å². The summed E-state index contributed by atoms with van der Waals surface area (Å²) in [4.78, 5) is 19.3. The molecule has 1 amide bonds. The Bertz CT molecular complexity index is 905. The van der Waals surface area contributed by atoms with Gasteiger partial charge in [0, 0.05) is 30.1 Å². The summed E-state index contributed by atoms with van der Waals surface area (Å²) in [6.45, 7) is 0.609. The molecule has 128 valence electrons. The fourth-order valence-corrected chi connectivity index (χ4v) is 3.39. The van der Waals surface area contributed by atoms with E-state index < -0.39 is 0 Å². The van der Waals surface area contributed by atoms with Crippen molar-refractivity contribution in [1.82, 2.24) is 9.88 Å². The fourth-order valence-electron chi connectivity index (χ4n) is 3.39. The van der Waals surface area contributed by atoms with E-state index in [-0.39, 0.29) is 11.9 Å². The van der Waals surface area contributed by atoms with E-state index in [0.29, 0.717) is 6.54 Å². The molecule has 2 aromatic carbocycles. The SMILES string of the molecule is O=C1C(c2cccnc2)=C[C@H](Cc2ccccc2)N1Cc1ccccc1. The summed E-state index contributed by atoms with van der Waals surface area (Å²) in [5.74, 6) is 0.0720. The van der Waals surface area contributed by atoms with Gasteiger partial charge in [0.05, 0.1) is 6.04 Å². The molecule has 0 aliphatic carbocycles. The van der Waals surface area contributed by atoms with E-state index in [4.69, 9.17) is 0 Å². The molecule has 0 unspecified atom stereocenters. The Hall–Kier alpha value is -3.20. The lowest BCUT2D eigenvalue weighted by Gasteiger charge is -2.25. The minimum atomic E-state index is 0.0420. The maximum atomic E-state index is 13.1. The van der Waals surface area contributed by atoms with Gasteiger partial charge in [0.25, 0.3) is 5.91 Å². The average Bonchev–Trinajstić information content (AvgIpc) is 3.00. The molecule has 26 heavy (non-hydrogen) atoms. The first kappa shape index (κ1) is 16.3. The molecule has 0 radical (unpaired) electrons. The summed E-state index contributed by atoms with van der Waals surface area (Å²) in [6, 6.07) is 24.3. The van der Waals surface area contributed by atoms with E-state index in [9.17, 15) is 4.79 Å². The second kappa shape index (κ2) is 7.36. The lowest BCUT2D eigenvalue weighted by atomic mass is 10.0. The number of aromatic nitrogens is 1. The Morgan fingerprint density at radius 1 is 0.846 bits per heavy atom. The number of carbonyl (C=O) groups is 1. The number of nitrogens with zero attached hydrogens (tertiary/aromatic N) is 2. The summed E-state index contributed by atoms with van der Waals surface area (Å²) in [5, 5.41) is 0. The van der Waals surface area contributed by atoms with Gasteiger partial charge in [0.2, 0.25) is 0 Å². The summed E-state index contributed by atoms with van der Waals surface area (Å²) in [6.07, 6.45) is 6.39. The first-order chi connectivity index (χ1) is 12.8. The van der Waals surface area contributed by atoms with Crippen molar-refractivity contribution in [1.29, 1.82) is 0 Å². The maximum absolute atomic E-state index is 13.1. The Kier molecular flexibility index (Phi) is 4.61. The van der Waals surface area contributed by atoms with Crippen LogP contribution >= 0.6 is 0 Å². The first-order valence-corrected chi connectivity index (χ1v) is 8.82. The molecule has 2 heterocycles. The lowest BCUT2D eigenvalue weighted by Crippen LogP contribution is -2.35. The standard InChI is InChI=1S/C23H20N2O/c26-23-22(20-12-7-13-24-16-20)15-21(14-18-8-3-1-4-9-18)25(23)17-19-10-5-2-6-11-19/h1-13,15-16,21H,14,17H2/t21-/m0/s1. The Balaban J connectivity index is 1.65. The van der Waals surface area contributed by atoms with Crippen molar-refractivity contribution < 1.29 is 4.79 Å². The van der Waals surface area contributed by atoms with Crippen LogP contribution in [-0.4, -0.2) is 21.8 Å². The highest BCUT2D eigenvalue weighted by molar-refractivity contribution is 6.21. The van der Waals surface area contributed by atoms with Crippen LogP contribution in [0.25, 0.3) is 5.57 Å². The molecule has 0 spiro atoms. The average molecular weight is 340 g/mol. The van der Waals surface area contributed by atoms with Gasteiger partial charge in [-0.15, -0.1) is 0 Å². The van der Waals surface area contributed by atoms with E-state index in [1.807, 2.05) is 53.4 Å². The third kappa shape index (κ3) is 3.42. The van der Waals surface area contributed by atoms with E-state index in [1.54, 1.807) is 12.4 Å². The third-order valence-electron chi connectivity index (χ3n) is 4.71. The normalized spacial score (nSPS) is 16.6. The second-order valence-corrected chi connectivity index (χ2v) is 6.50. The molecule has 0 N–H and O–H groups in total. The molecule has 1 aliphatic rings. The molecule has 1 atom stereocenters. The molecular formula is C23H20N2O. The summed E-state index contributed by atoms with van der Waals surface area (Å²) in [5.41, 5.74) is 3.99. The van der Waals surface area contributed by atoms with Crippen molar-refractivity contribution in [2.45, 2.75) is 19.0 Å². The number of rotatable bonds is 5. The lowest BCUT2D eigenvalue weighted by molar-refractivity contribution is -0.125. The largest absolute Gasteiger partial charge is 0.328 e. The van der Waals surface area contributed by atoms with Gasteiger partial charge >= 0.3 is 0 Å². The van der Waals surface area contributed by atoms with Gasteiger partial charge < -0.3 is 4.90 Å². The van der Waals surface area contributed by atoms with E-state index >= 15 is 0 Å². The molecule has 1 aromatic heterocycles. The van der Waals surface area contributed by atoms with Gasteiger partial charge in [-0.3, -0.25) is 9.78 Å². The summed E-state index contributed by atoms with van der Waals surface area (Å²) >= 11 is 0. The van der Waals surface area contributed by atoms with Crippen LogP contribution in [0.3, 0.4) is 0 Å². The first-order valence-electron chi connectivity index (χ1n) is 8.82. The van der Waals surface area contributed by atoms with Crippen LogP contribution in [0.5, 0.6) is 0 Å². The zero-order valence-electron chi connectivity index (χ0n) is 14.5. The monoisotopic (exact) mass is 340 g/mol. The molecule has 3 heteroatoms. The highest BCUT2D eigenvalue weighted by atomic mass is 16.2. The van der Waals surface area contributed by atoms with E-state index in [2.05, 4.69) is 35.3 Å². The topological polar surface area (TPSA) is 33.2 Å². The van der Waals surface area contributed by atoms with Crippen molar-refractivity contribution in [3.8, 4) is 0 Å². The van der Waals surface area contributed by atoms with Crippen molar-refractivity contribution >= 4 is 11.5 Å². The minimum Gasteiger partial charge on any atom is -0.328 e. The van der Waals surface area contributed by atoms with Gasteiger partial charge in [-0.25, -0.2) is 0 Å². The maximum Gasteiger partial charge on any atom is 0.255 e. The smallest absolute Gasteiger partial charge is 0.255 e. The zero-order valence-corrected chi connectivity index (χ0v) is 14.5. The van der Waals surface area contributed by atoms with E-state index in [0.717, 1.165) is 23.1 Å². The molecule has 0 saturated carbocycles. The number of pyridine rings is 1. The Labute approximate surface area is 153 Å². The van der Waals surface area contributed by atoms with Crippen LogP contribution in [0.1, 0.15) is 16.7 Å².